The zero-order valence-electron chi connectivity index (χ0n) is 12.6. The van der Waals surface area contributed by atoms with E-state index in [-0.39, 0.29) is 33.6 Å². The highest BCUT2D eigenvalue weighted by atomic mass is 16.2. The number of nitrogen functional groups attached to an aromatic ring is 1. The number of carbonyl (C=O) groups is 4. The first kappa shape index (κ1) is 14.1. The number of rotatable bonds is 1. The van der Waals surface area contributed by atoms with Gasteiger partial charge in [-0.05, 0) is 30.3 Å². The van der Waals surface area contributed by atoms with Crippen LogP contribution in [0, 0.1) is 0 Å². The first-order chi connectivity index (χ1) is 11.4. The first-order valence-electron chi connectivity index (χ1n) is 7.15. The molecule has 0 aliphatic carbocycles. The molecule has 0 aromatic heterocycles. The van der Waals surface area contributed by atoms with Gasteiger partial charge in [0.2, 0.25) is 0 Å². The Morgan fingerprint density at radius 3 is 2.21 bits per heavy atom. The van der Waals surface area contributed by atoms with Crippen molar-refractivity contribution in [3.8, 4) is 0 Å². The van der Waals surface area contributed by atoms with Crippen LogP contribution in [-0.4, -0.2) is 35.6 Å². The van der Waals surface area contributed by atoms with Crippen molar-refractivity contribution >= 4 is 35.0 Å². The second kappa shape index (κ2) is 4.51. The molecule has 2 aliphatic heterocycles. The summed E-state index contributed by atoms with van der Waals surface area (Å²) in [6.45, 7) is 0. The van der Waals surface area contributed by atoms with E-state index in [2.05, 4.69) is 0 Å². The molecule has 4 rings (SSSR count). The highest BCUT2D eigenvalue weighted by molar-refractivity contribution is 6.36. The quantitative estimate of drug-likeness (QED) is 0.630. The fourth-order valence-corrected chi connectivity index (χ4v) is 3.03. The Balaban J connectivity index is 1.84. The minimum Gasteiger partial charge on any atom is -0.398 e. The molecule has 2 heterocycles. The summed E-state index contributed by atoms with van der Waals surface area (Å²) in [6.07, 6.45) is 0. The van der Waals surface area contributed by atoms with E-state index in [4.69, 9.17) is 5.73 Å². The Morgan fingerprint density at radius 2 is 1.50 bits per heavy atom. The van der Waals surface area contributed by atoms with Gasteiger partial charge >= 0.3 is 0 Å². The van der Waals surface area contributed by atoms with E-state index in [0.717, 1.165) is 9.80 Å². The molecule has 2 aliphatic rings. The second-order valence-electron chi connectivity index (χ2n) is 5.61. The molecule has 0 atom stereocenters. The van der Waals surface area contributed by atoms with E-state index >= 15 is 0 Å². The van der Waals surface area contributed by atoms with Crippen molar-refractivity contribution in [1.29, 1.82) is 0 Å². The van der Waals surface area contributed by atoms with Crippen molar-refractivity contribution in [3.63, 3.8) is 0 Å². The van der Waals surface area contributed by atoms with Crippen molar-refractivity contribution in [1.82, 2.24) is 4.90 Å². The van der Waals surface area contributed by atoms with Crippen LogP contribution in [0.25, 0.3) is 0 Å². The van der Waals surface area contributed by atoms with Crippen LogP contribution >= 0.6 is 0 Å². The zero-order chi connectivity index (χ0) is 17.2. The monoisotopic (exact) mass is 321 g/mol. The van der Waals surface area contributed by atoms with Gasteiger partial charge in [0.15, 0.2) is 0 Å². The predicted molar refractivity (Wildman–Crippen MR) is 84.9 cm³/mol. The molecule has 2 aromatic carbocycles. The number of nitrogens with two attached hydrogens (primary N) is 1. The van der Waals surface area contributed by atoms with Crippen molar-refractivity contribution < 1.29 is 19.2 Å². The van der Waals surface area contributed by atoms with E-state index in [1.165, 1.54) is 31.3 Å². The second-order valence-corrected chi connectivity index (χ2v) is 5.61. The highest BCUT2D eigenvalue weighted by Crippen LogP contribution is 2.34. The molecule has 0 spiro atoms. The molecular weight excluding hydrogens is 310 g/mol. The average molecular weight is 321 g/mol. The summed E-state index contributed by atoms with van der Waals surface area (Å²) in [5.74, 6) is -1.92. The van der Waals surface area contributed by atoms with Gasteiger partial charge in [-0.15, -0.1) is 0 Å². The molecule has 24 heavy (non-hydrogen) atoms. The number of fused-ring (bicyclic) bond motifs is 2. The number of hydrogen-bond acceptors (Lipinski definition) is 5. The van der Waals surface area contributed by atoms with Crippen LogP contribution < -0.4 is 10.6 Å². The summed E-state index contributed by atoms with van der Waals surface area (Å²) in [6, 6.07) is 8.98. The lowest BCUT2D eigenvalue weighted by Gasteiger charge is -2.14. The molecule has 0 fully saturated rings. The molecule has 0 saturated carbocycles. The summed E-state index contributed by atoms with van der Waals surface area (Å²) >= 11 is 0. The molecule has 7 heteroatoms. The van der Waals surface area contributed by atoms with Gasteiger partial charge in [0.1, 0.15) is 0 Å². The fourth-order valence-electron chi connectivity index (χ4n) is 3.03. The minimum atomic E-state index is -0.543. The summed E-state index contributed by atoms with van der Waals surface area (Å²) in [7, 11) is 1.38. The summed E-state index contributed by atoms with van der Waals surface area (Å²) < 4.78 is 0. The molecule has 4 amide bonds. The summed E-state index contributed by atoms with van der Waals surface area (Å²) in [5.41, 5.74) is 7.06. The summed E-state index contributed by atoms with van der Waals surface area (Å²) in [4.78, 5) is 51.2. The van der Waals surface area contributed by atoms with Gasteiger partial charge in [-0.3, -0.25) is 24.1 Å². The Kier molecular flexibility index (Phi) is 2.66. The maximum atomic E-state index is 12.6. The molecule has 118 valence electrons. The maximum absolute atomic E-state index is 12.6. The molecule has 7 nitrogen and oxygen atoms in total. The van der Waals surface area contributed by atoms with Crippen molar-refractivity contribution in [2.45, 2.75) is 0 Å². The van der Waals surface area contributed by atoms with E-state index in [0.29, 0.717) is 0 Å². The van der Waals surface area contributed by atoms with Crippen LogP contribution in [0.5, 0.6) is 0 Å². The van der Waals surface area contributed by atoms with Crippen LogP contribution in [0.15, 0.2) is 36.4 Å². The lowest BCUT2D eigenvalue weighted by molar-refractivity contribution is 0.0692. The maximum Gasteiger partial charge on any atom is 0.268 e. The van der Waals surface area contributed by atoms with Gasteiger partial charge < -0.3 is 5.73 Å². The Bertz CT molecular complexity index is 980. The topological polar surface area (TPSA) is 101 Å². The number of imide groups is 2. The molecule has 2 N–H and O–H groups in total. The zero-order valence-corrected chi connectivity index (χ0v) is 12.6. The number of hydrogen-bond donors (Lipinski definition) is 1. The van der Waals surface area contributed by atoms with Crippen LogP contribution in [0.2, 0.25) is 0 Å². The lowest BCUT2D eigenvalue weighted by Crippen LogP contribution is -2.29. The van der Waals surface area contributed by atoms with Crippen molar-refractivity contribution in [2.75, 3.05) is 17.7 Å². The first-order valence-corrected chi connectivity index (χ1v) is 7.15. The van der Waals surface area contributed by atoms with Crippen LogP contribution in [0.3, 0.4) is 0 Å². The Morgan fingerprint density at radius 1 is 0.792 bits per heavy atom. The highest BCUT2D eigenvalue weighted by Gasteiger charge is 2.40. The molecular formula is C17H11N3O4. The van der Waals surface area contributed by atoms with Crippen LogP contribution in [-0.2, 0) is 0 Å². The molecule has 0 saturated heterocycles. The number of carbonyl (C=O) groups excluding carboxylic acids is 4. The predicted octanol–water partition coefficient (Wildman–Crippen LogP) is 1.30. The smallest absolute Gasteiger partial charge is 0.268 e. The molecule has 0 radical (unpaired) electrons. The summed E-state index contributed by atoms with van der Waals surface area (Å²) in [5, 5.41) is 0. The SMILES string of the molecule is CN1C(=O)c2ccc(N3C(=O)c4cccc(N)c4C3=O)cc2C1=O. The molecule has 2 aromatic rings. The number of amides is 4. The van der Waals surface area contributed by atoms with Crippen LogP contribution in [0.4, 0.5) is 11.4 Å². The fraction of sp³-hybridized carbons (Fsp3) is 0.0588. The van der Waals surface area contributed by atoms with E-state index < -0.39 is 23.6 Å². The van der Waals surface area contributed by atoms with E-state index in [1.807, 2.05) is 0 Å². The lowest BCUT2D eigenvalue weighted by atomic mass is 10.1. The van der Waals surface area contributed by atoms with E-state index in [1.54, 1.807) is 12.1 Å². The van der Waals surface area contributed by atoms with Gasteiger partial charge in [-0.2, -0.15) is 0 Å². The average Bonchev–Trinajstić information content (AvgIpc) is 2.95. The molecule has 0 bridgehead atoms. The van der Waals surface area contributed by atoms with Crippen molar-refractivity contribution in [2.24, 2.45) is 0 Å². The minimum absolute atomic E-state index is 0.155. The Labute approximate surface area is 136 Å². The van der Waals surface area contributed by atoms with Gasteiger partial charge in [0, 0.05) is 12.7 Å². The van der Waals surface area contributed by atoms with Gasteiger partial charge in [0.25, 0.3) is 23.6 Å². The van der Waals surface area contributed by atoms with Gasteiger partial charge in [-0.1, -0.05) is 6.07 Å². The largest absolute Gasteiger partial charge is 0.398 e. The Hall–Kier alpha value is -3.48. The normalized spacial score (nSPS) is 16.0. The number of nitrogens with zero attached hydrogens (tertiary/aromatic N) is 2. The number of benzene rings is 2. The van der Waals surface area contributed by atoms with Crippen LogP contribution in [0.1, 0.15) is 41.4 Å². The van der Waals surface area contributed by atoms with Crippen molar-refractivity contribution in [3.05, 3.63) is 58.7 Å². The van der Waals surface area contributed by atoms with Gasteiger partial charge in [0.05, 0.1) is 27.9 Å². The molecule has 0 unspecified atom stereocenters. The third-order valence-electron chi connectivity index (χ3n) is 4.28. The van der Waals surface area contributed by atoms with E-state index in [9.17, 15) is 19.2 Å². The third-order valence-corrected chi connectivity index (χ3v) is 4.28. The van der Waals surface area contributed by atoms with Gasteiger partial charge in [-0.25, -0.2) is 4.90 Å². The number of anilines is 2. The third kappa shape index (κ3) is 1.60. The standard InChI is InChI=1S/C17H11N3O4/c1-19-14(21)9-6-5-8(7-11(9)15(19)22)20-16(23)10-3-2-4-12(18)13(10)17(20)24/h2-7H,18H2,1H3.